The number of unbranched alkanes of at least 4 members (excludes halogenated alkanes) is 45. The van der Waals surface area contributed by atoms with Crippen molar-refractivity contribution in [1.82, 2.24) is 5.32 Å². The van der Waals surface area contributed by atoms with Crippen LogP contribution in [0.3, 0.4) is 0 Å². The molecular formula is C68H129NO8. The fourth-order valence-corrected chi connectivity index (χ4v) is 10.9. The van der Waals surface area contributed by atoms with E-state index in [-0.39, 0.29) is 12.5 Å². The largest absolute Gasteiger partial charge is 0.394 e. The van der Waals surface area contributed by atoms with Gasteiger partial charge in [-0.15, -0.1) is 0 Å². The smallest absolute Gasteiger partial charge is 0.220 e. The lowest BCUT2D eigenvalue weighted by molar-refractivity contribution is -0.302. The fourth-order valence-electron chi connectivity index (χ4n) is 10.9. The minimum absolute atomic E-state index is 0.186. The Morgan fingerprint density at radius 3 is 1.09 bits per heavy atom. The predicted octanol–water partition coefficient (Wildman–Crippen LogP) is 17.9. The van der Waals surface area contributed by atoms with E-state index in [1.54, 1.807) is 6.08 Å². The Morgan fingerprint density at radius 2 is 0.740 bits per heavy atom. The topological polar surface area (TPSA) is 149 Å². The Hall–Kier alpha value is -1.59. The highest BCUT2D eigenvalue weighted by atomic mass is 16.7. The van der Waals surface area contributed by atoms with Crippen LogP contribution in [-0.4, -0.2) is 87.5 Å². The van der Waals surface area contributed by atoms with E-state index in [1.165, 1.54) is 263 Å². The first-order valence-corrected chi connectivity index (χ1v) is 33.7. The quantitative estimate of drug-likeness (QED) is 0.0261. The zero-order valence-corrected chi connectivity index (χ0v) is 50.7. The summed E-state index contributed by atoms with van der Waals surface area (Å²) in [5.41, 5.74) is 0. The minimum Gasteiger partial charge on any atom is -0.394 e. The third-order valence-corrected chi connectivity index (χ3v) is 16.2. The zero-order valence-electron chi connectivity index (χ0n) is 50.7. The standard InChI is InChI=1S/C68H129NO8/c1-3-5-7-9-11-13-15-17-19-20-21-22-23-24-25-26-27-28-29-30-31-32-33-34-35-36-37-38-39-40-41-42-43-44-46-48-50-52-54-56-58-64(72)69-61(60-76-68-67(75)66(74)65(73)63(59-70)77-68)62(71)57-55-53-51-49-47-45-18-16-14-12-10-8-6-4-2/h14,16,47,49,55,57,61-63,65-68,70-71,73-75H,3-13,15,17-46,48,50-54,56,58-60H2,1-2H3,(H,69,72)/b16-14+,49-47+,57-55+. The van der Waals surface area contributed by atoms with Crippen LogP contribution in [-0.2, 0) is 14.3 Å². The van der Waals surface area contributed by atoms with Crippen LogP contribution in [0.15, 0.2) is 36.5 Å². The summed E-state index contributed by atoms with van der Waals surface area (Å²) in [5, 5.41) is 54.5. The van der Waals surface area contributed by atoms with Crippen molar-refractivity contribution in [2.45, 2.75) is 378 Å². The van der Waals surface area contributed by atoms with Gasteiger partial charge in [0.2, 0.25) is 5.91 Å². The second-order valence-electron chi connectivity index (χ2n) is 23.6. The zero-order chi connectivity index (χ0) is 55.8. The molecule has 1 aliphatic rings. The highest BCUT2D eigenvalue weighted by molar-refractivity contribution is 5.76. The van der Waals surface area contributed by atoms with Gasteiger partial charge in [0, 0.05) is 6.42 Å². The van der Waals surface area contributed by atoms with Gasteiger partial charge in [-0.25, -0.2) is 0 Å². The van der Waals surface area contributed by atoms with Crippen LogP contribution in [0.25, 0.3) is 0 Å². The van der Waals surface area contributed by atoms with Crippen molar-refractivity contribution in [3.05, 3.63) is 36.5 Å². The number of carbonyl (C=O) groups is 1. The molecule has 6 N–H and O–H groups in total. The van der Waals surface area contributed by atoms with Crippen LogP contribution in [0.5, 0.6) is 0 Å². The molecule has 1 saturated heterocycles. The summed E-state index contributed by atoms with van der Waals surface area (Å²) in [4.78, 5) is 13.1. The molecular weight excluding hydrogens is 959 g/mol. The van der Waals surface area contributed by atoms with Crippen molar-refractivity contribution in [3.63, 3.8) is 0 Å². The number of aliphatic hydroxyl groups is 5. The first kappa shape index (κ1) is 73.4. The van der Waals surface area contributed by atoms with Gasteiger partial charge in [-0.3, -0.25) is 4.79 Å². The molecule has 1 heterocycles. The second-order valence-corrected chi connectivity index (χ2v) is 23.6. The Labute approximate surface area is 476 Å². The van der Waals surface area contributed by atoms with E-state index >= 15 is 0 Å². The Morgan fingerprint density at radius 1 is 0.429 bits per heavy atom. The van der Waals surface area contributed by atoms with E-state index in [0.29, 0.717) is 6.42 Å². The molecule has 0 saturated carbocycles. The summed E-state index contributed by atoms with van der Waals surface area (Å²) >= 11 is 0. The Kier molecular flexibility index (Phi) is 55.0. The number of hydrogen-bond donors (Lipinski definition) is 6. The van der Waals surface area contributed by atoms with Gasteiger partial charge in [0.25, 0.3) is 0 Å². The molecule has 7 atom stereocenters. The van der Waals surface area contributed by atoms with Crippen LogP contribution in [0, 0.1) is 0 Å². The number of amides is 1. The molecule has 0 aromatic rings. The summed E-state index contributed by atoms with van der Waals surface area (Å²) in [5.74, 6) is -0.186. The van der Waals surface area contributed by atoms with Crippen LogP contribution in [0.1, 0.15) is 335 Å². The summed E-state index contributed by atoms with van der Waals surface area (Å²) in [6.45, 7) is 3.76. The first-order valence-electron chi connectivity index (χ1n) is 33.7. The number of aliphatic hydroxyl groups excluding tert-OH is 5. The molecule has 0 aromatic carbocycles. The van der Waals surface area contributed by atoms with Gasteiger partial charge in [0.05, 0.1) is 25.4 Å². The van der Waals surface area contributed by atoms with Crippen molar-refractivity contribution in [1.29, 1.82) is 0 Å². The summed E-state index contributed by atoms with van der Waals surface area (Å²) in [7, 11) is 0. The van der Waals surface area contributed by atoms with Crippen molar-refractivity contribution in [3.8, 4) is 0 Å². The molecule has 9 heteroatoms. The van der Waals surface area contributed by atoms with Crippen molar-refractivity contribution in [2.75, 3.05) is 13.2 Å². The summed E-state index contributed by atoms with van der Waals surface area (Å²) in [6.07, 6.45) is 70.0. The number of rotatable bonds is 59. The maximum Gasteiger partial charge on any atom is 0.220 e. The average Bonchev–Trinajstić information content (AvgIpc) is 3.43. The number of allylic oxidation sites excluding steroid dienone is 5. The number of nitrogens with one attached hydrogen (secondary N) is 1. The predicted molar refractivity (Wildman–Crippen MR) is 327 cm³/mol. The van der Waals surface area contributed by atoms with Gasteiger partial charge in [-0.2, -0.15) is 0 Å². The molecule has 1 fully saturated rings. The summed E-state index contributed by atoms with van der Waals surface area (Å²) < 4.78 is 11.3. The highest BCUT2D eigenvalue weighted by Crippen LogP contribution is 2.23. The van der Waals surface area contributed by atoms with E-state index in [9.17, 15) is 30.3 Å². The fraction of sp³-hybridized carbons (Fsp3) is 0.897. The minimum atomic E-state index is -1.57. The average molecular weight is 1090 g/mol. The van der Waals surface area contributed by atoms with Crippen molar-refractivity contribution in [2.24, 2.45) is 0 Å². The lowest BCUT2D eigenvalue weighted by Gasteiger charge is -2.40. The second kappa shape index (κ2) is 57.6. The summed E-state index contributed by atoms with van der Waals surface area (Å²) in [6, 6.07) is -0.826. The van der Waals surface area contributed by atoms with Gasteiger partial charge in [0.1, 0.15) is 24.4 Å². The molecule has 0 aromatic heterocycles. The molecule has 454 valence electrons. The third kappa shape index (κ3) is 46.7. The molecule has 1 aliphatic heterocycles. The Bertz CT molecular complexity index is 1310. The Balaban J connectivity index is 2.01. The van der Waals surface area contributed by atoms with Crippen LogP contribution in [0.2, 0.25) is 0 Å². The first-order chi connectivity index (χ1) is 37.8. The lowest BCUT2D eigenvalue weighted by Crippen LogP contribution is -2.60. The van der Waals surface area contributed by atoms with E-state index in [4.69, 9.17) is 9.47 Å². The van der Waals surface area contributed by atoms with Crippen LogP contribution >= 0.6 is 0 Å². The van der Waals surface area contributed by atoms with E-state index in [2.05, 4.69) is 43.5 Å². The molecule has 77 heavy (non-hydrogen) atoms. The molecule has 0 spiro atoms. The third-order valence-electron chi connectivity index (χ3n) is 16.2. The molecule has 1 amide bonds. The van der Waals surface area contributed by atoms with Gasteiger partial charge in [0.15, 0.2) is 6.29 Å². The SMILES string of the molecule is CCCCCC/C=C/CC/C=C/CC/C=C/C(O)C(COC1OC(CO)C(O)C(O)C1O)NC(=O)CCCCCCCCCCCCCCCCCCCCCCCCCCCCCCCCCCCCCCCCCC. The maximum absolute atomic E-state index is 13.1. The van der Waals surface area contributed by atoms with E-state index in [0.717, 1.165) is 51.4 Å². The molecule has 7 unspecified atom stereocenters. The number of ether oxygens (including phenoxy) is 2. The number of hydrogen-bond acceptors (Lipinski definition) is 8. The molecule has 0 aliphatic carbocycles. The van der Waals surface area contributed by atoms with E-state index < -0.39 is 49.5 Å². The molecule has 9 nitrogen and oxygen atoms in total. The van der Waals surface area contributed by atoms with Crippen LogP contribution < -0.4 is 5.32 Å². The molecule has 1 rings (SSSR count). The van der Waals surface area contributed by atoms with Gasteiger partial charge in [-0.05, 0) is 44.9 Å². The van der Waals surface area contributed by atoms with Crippen molar-refractivity contribution >= 4 is 5.91 Å². The normalized spacial score (nSPS) is 18.9. The molecule has 0 radical (unpaired) electrons. The van der Waals surface area contributed by atoms with Crippen molar-refractivity contribution < 1.29 is 39.8 Å². The van der Waals surface area contributed by atoms with Crippen LogP contribution in [0.4, 0.5) is 0 Å². The van der Waals surface area contributed by atoms with Gasteiger partial charge >= 0.3 is 0 Å². The maximum atomic E-state index is 13.1. The monoisotopic (exact) mass is 1090 g/mol. The lowest BCUT2D eigenvalue weighted by atomic mass is 9.99. The van der Waals surface area contributed by atoms with Gasteiger partial charge < -0.3 is 40.3 Å². The van der Waals surface area contributed by atoms with Gasteiger partial charge in [-0.1, -0.05) is 320 Å². The number of carbonyl (C=O) groups excluding carboxylic acids is 1. The molecule has 0 bridgehead atoms. The van der Waals surface area contributed by atoms with E-state index in [1.807, 2.05) is 6.08 Å². The highest BCUT2D eigenvalue weighted by Gasteiger charge is 2.44.